The third kappa shape index (κ3) is 8.40. The van der Waals surface area contributed by atoms with Gasteiger partial charge in [0.05, 0.1) is 27.4 Å². The number of carbonyl (C=O) groups excluding carboxylic acids is 3. The molecule has 20 nitrogen and oxygen atoms in total. The van der Waals surface area contributed by atoms with Gasteiger partial charge < -0.3 is 33.9 Å². The van der Waals surface area contributed by atoms with Crippen LogP contribution < -0.4 is 9.64 Å². The standard InChI is InChI=1S/C46H56N4O8.2H2O4S/c1-8-28-21-29-24-45(41(52)56-6,37-31(15-19-49(25-28)26-29)30-13-10-11-14-34(30)47-37)33-22-32-35(23-36(33)55-5)48(4)39-44(32)17-20-50-18-12-16-43(9-2,38(44)50)40(58-27(3)51)46(39,54)42(53)57-7;2*1-5(2,3)4/h10-14,16,21-23,29,38-40,47,54H,8-9,15,17-20,24-26H2,1-7H3;2*(H2,1,2,3,4)/t29-,38-,39+,40+,43+,44+,45-,46-;;/m0../s1. The Morgan fingerprint density at radius 1 is 0.912 bits per heavy atom. The Kier molecular flexibility index (Phi) is 13.8. The van der Waals surface area contributed by atoms with Crippen LogP contribution in [0.4, 0.5) is 5.69 Å². The van der Waals surface area contributed by atoms with Crippen molar-refractivity contribution >= 4 is 55.3 Å². The van der Waals surface area contributed by atoms with Gasteiger partial charge in [-0.3, -0.25) is 37.6 Å². The monoisotopic (exact) mass is 988 g/mol. The van der Waals surface area contributed by atoms with Gasteiger partial charge in [-0.2, -0.15) is 16.8 Å². The summed E-state index contributed by atoms with van der Waals surface area (Å²) in [6, 6.07) is 11.2. The lowest BCUT2D eigenvalue weighted by atomic mass is 9.47. The van der Waals surface area contributed by atoms with Crippen LogP contribution in [0.15, 0.2) is 60.2 Å². The molecule has 9 atom stereocenters. The average molecular weight is 989 g/mol. The van der Waals surface area contributed by atoms with Crippen molar-refractivity contribution in [1.29, 1.82) is 0 Å². The number of aliphatic hydroxyl groups is 1. The molecule has 2 aromatic carbocycles. The van der Waals surface area contributed by atoms with Gasteiger partial charge in [0.1, 0.15) is 11.2 Å². The number of nitrogens with zero attached hydrogens (tertiary/aromatic N) is 3. The summed E-state index contributed by atoms with van der Waals surface area (Å²) in [7, 11) is -3.09. The van der Waals surface area contributed by atoms with E-state index in [1.54, 1.807) is 7.11 Å². The van der Waals surface area contributed by atoms with Crippen LogP contribution in [0.1, 0.15) is 68.8 Å². The molecule has 1 saturated heterocycles. The van der Waals surface area contributed by atoms with Crippen LogP contribution in [0.5, 0.6) is 5.75 Å². The molecule has 2 bridgehead atoms. The maximum absolute atomic E-state index is 15.3. The second-order valence-corrected chi connectivity index (χ2v) is 20.2. The molecule has 1 spiro atoms. The van der Waals surface area contributed by atoms with Crippen LogP contribution in [0.2, 0.25) is 0 Å². The number of nitrogens with one attached hydrogen (secondary N) is 1. The number of rotatable bonds is 7. The van der Waals surface area contributed by atoms with Crippen molar-refractivity contribution in [3.63, 3.8) is 0 Å². The summed E-state index contributed by atoms with van der Waals surface area (Å²) in [5.74, 6) is -1.31. The third-order valence-corrected chi connectivity index (χ3v) is 15.1. The lowest BCUT2D eigenvalue weighted by Gasteiger charge is -2.63. The Morgan fingerprint density at radius 3 is 2.18 bits per heavy atom. The van der Waals surface area contributed by atoms with Crippen molar-refractivity contribution in [3.05, 3.63) is 82.6 Å². The second-order valence-electron chi connectivity index (χ2n) is 18.4. The first kappa shape index (κ1) is 51.0. The number of H-pyrrole nitrogens is 1. The first-order chi connectivity index (χ1) is 31.9. The van der Waals surface area contributed by atoms with E-state index in [-0.39, 0.29) is 17.9 Å². The van der Waals surface area contributed by atoms with E-state index in [9.17, 15) is 14.7 Å². The molecule has 6 N–H and O–H groups in total. The van der Waals surface area contributed by atoms with Gasteiger partial charge in [-0.15, -0.1) is 0 Å². The highest BCUT2D eigenvalue weighted by Crippen LogP contribution is 2.68. The predicted molar refractivity (Wildman–Crippen MR) is 247 cm³/mol. The third-order valence-electron chi connectivity index (χ3n) is 15.1. The lowest BCUT2D eigenvalue weighted by Crippen LogP contribution is -2.81. The number of fused-ring (bicyclic) bond motifs is 6. The minimum absolute atomic E-state index is 0.0217. The maximum Gasteiger partial charge on any atom is 0.394 e. The van der Waals surface area contributed by atoms with Gasteiger partial charge in [-0.05, 0) is 67.8 Å². The van der Waals surface area contributed by atoms with E-state index in [1.165, 1.54) is 26.7 Å². The molecule has 0 amide bonds. The zero-order valence-corrected chi connectivity index (χ0v) is 40.6. The summed E-state index contributed by atoms with van der Waals surface area (Å²) in [5, 5.41) is 14.4. The largest absolute Gasteiger partial charge is 0.496 e. The maximum atomic E-state index is 15.3. The fourth-order valence-electron chi connectivity index (χ4n) is 13.0. The van der Waals surface area contributed by atoms with Crippen molar-refractivity contribution in [3.8, 4) is 5.75 Å². The van der Waals surface area contributed by atoms with Crippen molar-refractivity contribution in [2.24, 2.45) is 11.3 Å². The number of hydrogen-bond acceptors (Lipinski definition) is 15. The Balaban J connectivity index is 0.000000622. The molecule has 0 radical (unpaired) electrons. The smallest absolute Gasteiger partial charge is 0.394 e. The number of hydrogen-bond donors (Lipinski definition) is 6. The Hall–Kier alpha value is -4.91. The molecule has 1 unspecified atom stereocenters. The van der Waals surface area contributed by atoms with Crippen LogP contribution in [0.3, 0.4) is 0 Å². The molecule has 3 aromatic rings. The fourth-order valence-corrected chi connectivity index (χ4v) is 13.0. The highest BCUT2D eigenvalue weighted by atomic mass is 32.3. The molecule has 6 aliphatic rings. The van der Waals surface area contributed by atoms with Gasteiger partial charge >= 0.3 is 38.7 Å². The number of benzene rings is 2. The number of aromatic nitrogens is 1. The van der Waals surface area contributed by atoms with E-state index < -0.39 is 66.7 Å². The molecule has 9 rings (SSSR count). The average Bonchev–Trinajstić information content (AvgIpc) is 3.94. The van der Waals surface area contributed by atoms with Crippen LogP contribution in [0.25, 0.3) is 10.9 Å². The van der Waals surface area contributed by atoms with Gasteiger partial charge in [0.15, 0.2) is 6.10 Å². The zero-order valence-electron chi connectivity index (χ0n) is 39.0. The van der Waals surface area contributed by atoms with Crippen LogP contribution in [-0.2, 0) is 66.6 Å². The molecule has 1 aliphatic carbocycles. The molecular weight excluding hydrogens is 929 g/mol. The van der Waals surface area contributed by atoms with Crippen LogP contribution in [0, 0.1) is 11.3 Å². The number of esters is 3. The molecule has 22 heteroatoms. The van der Waals surface area contributed by atoms with Crippen LogP contribution >= 0.6 is 0 Å². The normalized spacial score (nSPS) is 31.3. The summed E-state index contributed by atoms with van der Waals surface area (Å²) >= 11 is 0. The molecule has 2 fully saturated rings. The number of methoxy groups -OCH3 is 3. The highest BCUT2D eigenvalue weighted by Gasteiger charge is 2.80. The first-order valence-corrected chi connectivity index (χ1v) is 25.0. The first-order valence-electron chi connectivity index (χ1n) is 22.2. The summed E-state index contributed by atoms with van der Waals surface area (Å²) in [6.45, 7) is 9.44. The quantitative estimate of drug-likeness (QED) is 0.0855. The van der Waals surface area contributed by atoms with E-state index in [4.69, 9.17) is 54.0 Å². The Labute approximate surface area is 395 Å². The summed E-state index contributed by atoms with van der Waals surface area (Å²) < 4.78 is 87.1. The molecule has 1 aromatic heterocycles. The summed E-state index contributed by atoms with van der Waals surface area (Å²) in [4.78, 5) is 53.4. The SMILES string of the molecule is CCC1=C[C@@H]2CN(CCc3c([nH]c4ccccc34)[C@@](C(=O)OC)(c3cc4c(cc3OC)N(C)[C@H]3[C@@](O)(C(=O)OC)[C@H](OC(C)=O)[C@]5(CC)C=CCN6CC[C@]43[C@@H]65)C2)C1.O=S(=O)(O)O.O=S(=O)(O)O. The minimum Gasteiger partial charge on any atom is -0.496 e. The Morgan fingerprint density at radius 2 is 1.57 bits per heavy atom. The minimum atomic E-state index is -4.67. The van der Waals surface area contributed by atoms with Crippen molar-refractivity contribution in [1.82, 2.24) is 14.8 Å². The van der Waals surface area contributed by atoms with Gasteiger partial charge in [0.25, 0.3) is 0 Å². The number of para-hydroxylation sites is 1. The van der Waals surface area contributed by atoms with Gasteiger partial charge in [0, 0.05) is 90.9 Å². The van der Waals surface area contributed by atoms with E-state index in [0.717, 1.165) is 65.9 Å². The second kappa shape index (κ2) is 18.4. The zero-order chi connectivity index (χ0) is 49.9. The number of aromatic amines is 1. The predicted octanol–water partition coefficient (Wildman–Crippen LogP) is 3.49. The topological polar surface area (TPSA) is 283 Å². The number of anilines is 1. The highest BCUT2D eigenvalue weighted by molar-refractivity contribution is 7.80. The van der Waals surface area contributed by atoms with E-state index in [2.05, 4.69) is 58.1 Å². The van der Waals surface area contributed by atoms with Crippen molar-refractivity contribution in [2.75, 3.05) is 66.0 Å². The Bertz CT molecular complexity index is 2730. The lowest BCUT2D eigenvalue weighted by molar-refractivity contribution is -0.228. The molecule has 6 heterocycles. The van der Waals surface area contributed by atoms with E-state index in [0.29, 0.717) is 43.7 Å². The fraction of sp³-hybridized carbons (Fsp3) is 0.543. The number of carbonyl (C=O) groups is 3. The molecular formula is C46H60N4O16S2. The van der Waals surface area contributed by atoms with Gasteiger partial charge in [-0.1, -0.05) is 55.8 Å². The van der Waals surface area contributed by atoms with Gasteiger partial charge in [-0.25, -0.2) is 4.79 Å². The van der Waals surface area contributed by atoms with E-state index in [1.807, 2.05) is 37.1 Å². The van der Waals surface area contributed by atoms with Crippen LogP contribution in [-0.4, -0.2) is 158 Å². The number of ether oxygens (including phenoxy) is 4. The molecule has 1 saturated carbocycles. The molecule has 372 valence electrons. The summed E-state index contributed by atoms with van der Waals surface area (Å²) in [5.41, 5.74) is 1.10. The van der Waals surface area contributed by atoms with Crippen molar-refractivity contribution < 1.29 is 73.5 Å². The molecule has 5 aliphatic heterocycles. The summed E-state index contributed by atoms with van der Waals surface area (Å²) in [6.07, 6.45) is 8.43. The molecule has 68 heavy (non-hydrogen) atoms. The van der Waals surface area contributed by atoms with Gasteiger partial charge in [0.2, 0.25) is 5.60 Å². The van der Waals surface area contributed by atoms with E-state index >= 15 is 4.79 Å². The van der Waals surface area contributed by atoms with Crippen molar-refractivity contribution in [2.45, 2.75) is 87.5 Å². The number of likely N-dealkylation sites (N-methyl/N-ethyl adjacent to an activating group) is 1.